The third-order valence-corrected chi connectivity index (χ3v) is 5.40. The number of aryl methyl sites for hydroxylation is 2. The molecule has 2 aromatic heterocycles. The Labute approximate surface area is 121 Å². The molecule has 110 valence electrons. The molecule has 0 amide bonds. The van der Waals surface area contributed by atoms with Crippen LogP contribution in [0.15, 0.2) is 11.2 Å². The van der Waals surface area contributed by atoms with E-state index < -0.39 is 16.1 Å². The van der Waals surface area contributed by atoms with E-state index in [-0.39, 0.29) is 17.2 Å². The Kier molecular flexibility index (Phi) is 4.23. The average molecular weight is 316 g/mol. The Bertz CT molecular complexity index is 705. The molecule has 0 saturated carbocycles. The van der Waals surface area contributed by atoms with Crippen molar-refractivity contribution < 1.29 is 13.5 Å². The second kappa shape index (κ2) is 5.60. The van der Waals surface area contributed by atoms with Crippen LogP contribution in [0.25, 0.3) is 0 Å². The lowest BCUT2D eigenvalue weighted by atomic mass is 10.3. The van der Waals surface area contributed by atoms with Gasteiger partial charge in [0.2, 0.25) is 0 Å². The summed E-state index contributed by atoms with van der Waals surface area (Å²) in [6.45, 7) is 4.89. The summed E-state index contributed by atoms with van der Waals surface area (Å²) in [5, 5.41) is 16.1. The van der Waals surface area contributed by atoms with Crippen molar-refractivity contribution in [2.45, 2.75) is 38.4 Å². The number of H-pyrrole nitrogens is 1. The van der Waals surface area contributed by atoms with Crippen LogP contribution in [-0.2, 0) is 16.6 Å². The zero-order valence-electron chi connectivity index (χ0n) is 11.3. The molecule has 2 heterocycles. The molecule has 0 radical (unpaired) electrons. The summed E-state index contributed by atoms with van der Waals surface area (Å²) in [6.07, 6.45) is 1.70. The first-order valence-corrected chi connectivity index (χ1v) is 8.24. The quantitative estimate of drug-likeness (QED) is 0.763. The van der Waals surface area contributed by atoms with Gasteiger partial charge in [-0.05, 0) is 20.8 Å². The van der Waals surface area contributed by atoms with Gasteiger partial charge in [-0.1, -0.05) is 0 Å². The highest BCUT2D eigenvalue weighted by Gasteiger charge is 2.26. The zero-order valence-corrected chi connectivity index (χ0v) is 13.0. The first-order chi connectivity index (χ1) is 9.35. The Morgan fingerprint density at radius 3 is 2.75 bits per heavy atom. The fourth-order valence-corrected chi connectivity index (χ4v) is 4.00. The molecule has 0 bridgehead atoms. The van der Waals surface area contributed by atoms with E-state index in [4.69, 9.17) is 0 Å². The SMILES string of the molecule is Cc1cnc(C(C)NS(=O)(=O)c2n[nH]c(C)c2CO)s1. The summed E-state index contributed by atoms with van der Waals surface area (Å²) < 4.78 is 27.1. The second-order valence-corrected chi connectivity index (χ2v) is 7.34. The van der Waals surface area contributed by atoms with Gasteiger partial charge in [0, 0.05) is 22.3 Å². The van der Waals surface area contributed by atoms with Crippen LogP contribution < -0.4 is 4.72 Å². The van der Waals surface area contributed by atoms with Crippen molar-refractivity contribution in [2.75, 3.05) is 0 Å². The van der Waals surface area contributed by atoms with Gasteiger partial charge in [-0.3, -0.25) is 5.10 Å². The van der Waals surface area contributed by atoms with Crippen LogP contribution in [0.5, 0.6) is 0 Å². The van der Waals surface area contributed by atoms with Crippen molar-refractivity contribution in [1.29, 1.82) is 0 Å². The number of aromatic amines is 1. The molecular formula is C11H16N4O3S2. The molecule has 0 aliphatic heterocycles. The molecule has 0 saturated heterocycles. The van der Waals surface area contributed by atoms with Crippen LogP contribution in [0.2, 0.25) is 0 Å². The van der Waals surface area contributed by atoms with Crippen molar-refractivity contribution >= 4 is 21.4 Å². The Hall–Kier alpha value is -1.29. The molecule has 2 aromatic rings. The molecule has 3 N–H and O–H groups in total. The van der Waals surface area contributed by atoms with Gasteiger partial charge in [0.25, 0.3) is 10.0 Å². The largest absolute Gasteiger partial charge is 0.392 e. The number of aliphatic hydroxyl groups excluding tert-OH is 1. The molecule has 7 nitrogen and oxygen atoms in total. The lowest BCUT2D eigenvalue weighted by Gasteiger charge is -2.11. The maximum Gasteiger partial charge on any atom is 0.260 e. The molecule has 9 heteroatoms. The van der Waals surface area contributed by atoms with E-state index in [2.05, 4.69) is 19.9 Å². The smallest absolute Gasteiger partial charge is 0.260 e. The molecule has 1 unspecified atom stereocenters. The van der Waals surface area contributed by atoms with Crippen molar-refractivity contribution in [3.05, 3.63) is 27.3 Å². The third-order valence-electron chi connectivity index (χ3n) is 2.79. The number of aliphatic hydroxyl groups is 1. The highest BCUT2D eigenvalue weighted by molar-refractivity contribution is 7.89. The predicted molar refractivity (Wildman–Crippen MR) is 74.8 cm³/mol. The van der Waals surface area contributed by atoms with E-state index in [1.165, 1.54) is 11.3 Å². The lowest BCUT2D eigenvalue weighted by Crippen LogP contribution is -2.28. The van der Waals surface area contributed by atoms with Crippen LogP contribution in [0.4, 0.5) is 0 Å². The number of thiazole rings is 1. The number of rotatable bonds is 5. The van der Waals surface area contributed by atoms with Crippen LogP contribution in [-0.4, -0.2) is 28.7 Å². The lowest BCUT2D eigenvalue weighted by molar-refractivity contribution is 0.277. The van der Waals surface area contributed by atoms with Crippen LogP contribution in [0, 0.1) is 13.8 Å². The van der Waals surface area contributed by atoms with Gasteiger partial charge in [-0.25, -0.2) is 18.1 Å². The molecule has 2 rings (SSSR count). The average Bonchev–Trinajstić information content (AvgIpc) is 2.95. The Balaban J connectivity index is 2.27. The van der Waals surface area contributed by atoms with Crippen LogP contribution in [0.3, 0.4) is 0 Å². The van der Waals surface area contributed by atoms with E-state index in [9.17, 15) is 13.5 Å². The molecule has 0 aromatic carbocycles. The van der Waals surface area contributed by atoms with Gasteiger partial charge >= 0.3 is 0 Å². The molecular weight excluding hydrogens is 300 g/mol. The number of aromatic nitrogens is 3. The monoisotopic (exact) mass is 316 g/mol. The third kappa shape index (κ3) is 2.90. The first-order valence-electron chi connectivity index (χ1n) is 5.94. The highest BCUT2D eigenvalue weighted by atomic mass is 32.2. The predicted octanol–water partition coefficient (Wildman–Crippen LogP) is 1.01. The highest BCUT2D eigenvalue weighted by Crippen LogP contribution is 2.22. The minimum atomic E-state index is -3.81. The van der Waals surface area contributed by atoms with E-state index in [1.807, 2.05) is 6.92 Å². The van der Waals surface area contributed by atoms with Crippen molar-refractivity contribution in [3.8, 4) is 0 Å². The topological polar surface area (TPSA) is 108 Å². The van der Waals surface area contributed by atoms with E-state index in [1.54, 1.807) is 20.0 Å². The normalized spacial score (nSPS) is 13.6. The summed E-state index contributed by atoms with van der Waals surface area (Å²) in [7, 11) is -3.81. The maximum absolute atomic E-state index is 12.3. The van der Waals surface area contributed by atoms with Crippen molar-refractivity contribution in [2.24, 2.45) is 0 Å². The van der Waals surface area contributed by atoms with E-state index in [0.717, 1.165) is 4.88 Å². The van der Waals surface area contributed by atoms with Gasteiger partial charge in [0.05, 0.1) is 12.6 Å². The van der Waals surface area contributed by atoms with Gasteiger partial charge < -0.3 is 5.11 Å². The fraction of sp³-hybridized carbons (Fsp3) is 0.455. The Morgan fingerprint density at radius 2 is 2.20 bits per heavy atom. The molecule has 20 heavy (non-hydrogen) atoms. The summed E-state index contributed by atoms with van der Waals surface area (Å²) in [4.78, 5) is 5.17. The molecule has 0 spiro atoms. The molecule has 0 aliphatic rings. The fourth-order valence-electron chi connectivity index (χ4n) is 1.75. The minimum Gasteiger partial charge on any atom is -0.392 e. The van der Waals surface area contributed by atoms with Gasteiger partial charge in [0.1, 0.15) is 5.01 Å². The minimum absolute atomic E-state index is 0.169. The summed E-state index contributed by atoms with van der Waals surface area (Å²) >= 11 is 1.43. The summed E-state index contributed by atoms with van der Waals surface area (Å²) in [5.41, 5.74) is 0.811. The molecule has 1 atom stereocenters. The molecule has 0 fully saturated rings. The Morgan fingerprint density at radius 1 is 1.50 bits per heavy atom. The summed E-state index contributed by atoms with van der Waals surface area (Å²) in [6, 6.07) is -0.456. The van der Waals surface area contributed by atoms with Crippen LogP contribution in [0.1, 0.15) is 34.1 Å². The number of hydrogen-bond acceptors (Lipinski definition) is 6. The number of sulfonamides is 1. The van der Waals surface area contributed by atoms with Gasteiger partial charge in [-0.2, -0.15) is 5.10 Å². The van der Waals surface area contributed by atoms with Crippen molar-refractivity contribution in [3.63, 3.8) is 0 Å². The summed E-state index contributed by atoms with van der Waals surface area (Å²) in [5.74, 6) is 0. The first kappa shape index (κ1) is 15.1. The van der Waals surface area contributed by atoms with Crippen LogP contribution >= 0.6 is 11.3 Å². The standard InChI is InChI=1S/C11H16N4O3S2/c1-6-4-12-10(19-6)8(3)15-20(17,18)11-9(5-16)7(2)13-14-11/h4,8,15-16H,5H2,1-3H3,(H,13,14). The van der Waals surface area contributed by atoms with E-state index >= 15 is 0 Å². The zero-order chi connectivity index (χ0) is 14.9. The number of hydrogen-bond donors (Lipinski definition) is 3. The van der Waals surface area contributed by atoms with E-state index in [0.29, 0.717) is 10.7 Å². The van der Waals surface area contributed by atoms with Gasteiger partial charge in [-0.15, -0.1) is 11.3 Å². The maximum atomic E-state index is 12.3. The number of nitrogens with one attached hydrogen (secondary N) is 2. The number of nitrogens with zero attached hydrogens (tertiary/aromatic N) is 2. The van der Waals surface area contributed by atoms with Gasteiger partial charge in [0.15, 0.2) is 5.03 Å². The van der Waals surface area contributed by atoms with Crippen molar-refractivity contribution in [1.82, 2.24) is 19.9 Å². The molecule has 0 aliphatic carbocycles. The second-order valence-electron chi connectivity index (χ2n) is 4.44.